The van der Waals surface area contributed by atoms with Gasteiger partial charge in [0.1, 0.15) is 0 Å². The van der Waals surface area contributed by atoms with E-state index in [1.165, 1.54) is 12.8 Å². The van der Waals surface area contributed by atoms with Crippen molar-refractivity contribution in [1.82, 2.24) is 0 Å². The van der Waals surface area contributed by atoms with Crippen LogP contribution in [0.2, 0.25) is 0 Å². The van der Waals surface area contributed by atoms with Crippen LogP contribution < -0.4 is 0 Å². The Kier molecular flexibility index (Phi) is 4.04. The van der Waals surface area contributed by atoms with Gasteiger partial charge in [0.2, 0.25) is 0 Å². The molecule has 1 aliphatic carbocycles. The third kappa shape index (κ3) is 3.24. The summed E-state index contributed by atoms with van der Waals surface area (Å²) in [5.74, 6) is -0.395. The zero-order valence-electron chi connectivity index (χ0n) is 10.0. The molecule has 0 radical (unpaired) electrons. The largest absolute Gasteiger partial charge is 0.420 e. The molecule has 16 heavy (non-hydrogen) atoms. The lowest BCUT2D eigenvalue weighted by molar-refractivity contribution is -0.203. The van der Waals surface area contributed by atoms with E-state index in [0.29, 0.717) is 5.92 Å². The van der Waals surface area contributed by atoms with E-state index in [9.17, 15) is 5.11 Å². The quantitative estimate of drug-likeness (QED) is 0.359. The summed E-state index contributed by atoms with van der Waals surface area (Å²) in [6.07, 6.45) is 4.38. The highest BCUT2D eigenvalue weighted by Crippen LogP contribution is 2.36. The van der Waals surface area contributed by atoms with Crippen LogP contribution in [0.5, 0.6) is 0 Å². The lowest BCUT2D eigenvalue weighted by atomic mass is 9.83. The first kappa shape index (κ1) is 12.9. The summed E-state index contributed by atoms with van der Waals surface area (Å²) >= 11 is 0.0797. The van der Waals surface area contributed by atoms with Gasteiger partial charge in [-0.05, 0) is 29.2 Å². The Bertz CT molecular complexity index is 282. The molecule has 0 bridgehead atoms. The van der Waals surface area contributed by atoms with E-state index in [0.717, 1.165) is 17.3 Å². The molecule has 3 nitrogen and oxygen atoms in total. The first-order chi connectivity index (χ1) is 7.46. The molecular weight excluding hydrogens is 319 g/mol. The fourth-order valence-electron chi connectivity index (χ4n) is 2.55. The van der Waals surface area contributed by atoms with E-state index in [1.807, 2.05) is 0 Å². The van der Waals surface area contributed by atoms with Crippen molar-refractivity contribution >= 4 is 24.2 Å². The van der Waals surface area contributed by atoms with Crippen molar-refractivity contribution in [2.75, 3.05) is 4.43 Å². The van der Waals surface area contributed by atoms with Crippen LogP contribution in [0, 0.1) is 5.92 Å². The van der Waals surface area contributed by atoms with Crippen molar-refractivity contribution in [2.24, 2.45) is 5.92 Å². The smallest absolute Gasteiger partial charge is 0.267 e. The molecular formula is C12H22IO3+. The number of rotatable bonds is 2. The molecule has 0 aromatic carbocycles. The molecule has 1 fully saturated rings. The van der Waals surface area contributed by atoms with Crippen LogP contribution >= 0.6 is 20.7 Å². The van der Waals surface area contributed by atoms with Gasteiger partial charge in [-0.1, -0.05) is 0 Å². The molecule has 3 N–H and O–H groups in total. The molecule has 1 heterocycles. The number of fused-ring (bicyclic) bond motifs is 1. The van der Waals surface area contributed by atoms with E-state index in [4.69, 9.17) is 9.84 Å². The average Bonchev–Trinajstić information content (AvgIpc) is 2.17. The van der Waals surface area contributed by atoms with Gasteiger partial charge in [0.05, 0.1) is 12.2 Å². The number of hydrogen-bond donors (Lipinski definition) is 1. The summed E-state index contributed by atoms with van der Waals surface area (Å²) in [7, 11) is 0. The average molecular weight is 341 g/mol. The maximum Gasteiger partial charge on any atom is 0.267 e. The third-order valence-corrected chi connectivity index (χ3v) is 6.92. The van der Waals surface area contributed by atoms with Crippen molar-refractivity contribution in [3.8, 4) is 0 Å². The minimum absolute atomic E-state index is 0.0797. The molecule has 0 amide bonds. The van der Waals surface area contributed by atoms with E-state index in [1.54, 1.807) is 17.4 Å². The maximum absolute atomic E-state index is 10.0. The van der Waals surface area contributed by atoms with Crippen LogP contribution in [0.3, 0.4) is 0 Å². The summed E-state index contributed by atoms with van der Waals surface area (Å²) in [6.45, 7) is 3.59. The SMILES string of the molecule is CC(C)([OH2+])OC1CI=C2CCC[C@@H](O)[C@@H]2C1. The second-order valence-electron chi connectivity index (χ2n) is 5.29. The number of hydrogen-bond acceptors (Lipinski definition) is 2. The predicted octanol–water partition coefficient (Wildman–Crippen LogP) is 1.54. The van der Waals surface area contributed by atoms with Gasteiger partial charge in [0, 0.05) is 24.2 Å². The number of ether oxygens (including phenoxy) is 1. The Balaban J connectivity index is 2.00. The van der Waals surface area contributed by atoms with E-state index in [-0.39, 0.29) is 32.9 Å². The number of halogens is 1. The highest BCUT2D eigenvalue weighted by molar-refractivity contribution is 14.2. The Hall–Kier alpha value is 0.480. The predicted molar refractivity (Wildman–Crippen MR) is 74.4 cm³/mol. The summed E-state index contributed by atoms with van der Waals surface area (Å²) in [5, 5.41) is 17.8. The van der Waals surface area contributed by atoms with Crippen LogP contribution in [0.15, 0.2) is 0 Å². The fraction of sp³-hybridized carbons (Fsp3) is 0.917. The van der Waals surface area contributed by atoms with E-state index in [2.05, 4.69) is 0 Å². The van der Waals surface area contributed by atoms with Crippen LogP contribution in [0.25, 0.3) is 0 Å². The number of alkyl halides is 1. The zero-order valence-corrected chi connectivity index (χ0v) is 12.2. The first-order valence-corrected chi connectivity index (χ1v) is 8.62. The molecule has 2 rings (SSSR count). The monoisotopic (exact) mass is 341 g/mol. The molecule has 0 saturated heterocycles. The molecule has 4 heteroatoms. The van der Waals surface area contributed by atoms with Crippen molar-refractivity contribution < 1.29 is 14.9 Å². The second kappa shape index (κ2) is 5.00. The normalized spacial score (nSPS) is 36.0. The van der Waals surface area contributed by atoms with Gasteiger partial charge in [-0.15, -0.1) is 20.7 Å². The Morgan fingerprint density at radius 3 is 2.94 bits per heavy atom. The topological polar surface area (TPSA) is 52.4 Å². The number of aliphatic hydroxyl groups is 1. The van der Waals surface area contributed by atoms with Crippen molar-refractivity contribution in [2.45, 2.75) is 57.5 Å². The van der Waals surface area contributed by atoms with Gasteiger partial charge < -0.3 is 14.9 Å². The molecule has 1 aliphatic heterocycles. The minimum Gasteiger partial charge on any atom is -0.420 e. The molecule has 94 valence electrons. The minimum atomic E-state index is -0.786. The highest BCUT2D eigenvalue weighted by Gasteiger charge is 2.35. The summed E-state index contributed by atoms with van der Waals surface area (Å²) in [5.41, 5.74) is 0. The summed E-state index contributed by atoms with van der Waals surface area (Å²) in [6, 6.07) is 0. The molecule has 0 aromatic rings. The van der Waals surface area contributed by atoms with Crippen LogP contribution in [-0.4, -0.2) is 36.1 Å². The van der Waals surface area contributed by atoms with Gasteiger partial charge in [0.15, 0.2) is 0 Å². The maximum atomic E-state index is 10.0. The molecule has 2 aliphatic rings. The second-order valence-corrected chi connectivity index (χ2v) is 8.32. The van der Waals surface area contributed by atoms with Gasteiger partial charge in [0.25, 0.3) is 5.79 Å². The van der Waals surface area contributed by atoms with Gasteiger partial charge >= 0.3 is 0 Å². The van der Waals surface area contributed by atoms with Crippen molar-refractivity contribution in [3.63, 3.8) is 0 Å². The van der Waals surface area contributed by atoms with Crippen LogP contribution in [0.4, 0.5) is 0 Å². The fourth-order valence-corrected chi connectivity index (χ4v) is 6.15. The molecule has 3 atom stereocenters. The lowest BCUT2D eigenvalue weighted by Crippen LogP contribution is -2.41. The summed E-state index contributed by atoms with van der Waals surface area (Å²) in [4.78, 5) is 0. The molecule has 0 spiro atoms. The molecule has 1 unspecified atom stereocenters. The Labute approximate surface area is 107 Å². The zero-order chi connectivity index (χ0) is 11.8. The van der Waals surface area contributed by atoms with Crippen LogP contribution in [0.1, 0.15) is 39.5 Å². The number of aliphatic hydroxyl groups excluding tert-OH is 1. The van der Waals surface area contributed by atoms with Crippen molar-refractivity contribution in [1.29, 1.82) is 0 Å². The van der Waals surface area contributed by atoms with E-state index < -0.39 is 5.79 Å². The van der Waals surface area contributed by atoms with Crippen molar-refractivity contribution in [3.05, 3.63) is 0 Å². The third-order valence-electron chi connectivity index (χ3n) is 3.18. The summed E-state index contributed by atoms with van der Waals surface area (Å²) < 4.78 is 8.54. The first-order valence-electron chi connectivity index (χ1n) is 6.01. The Morgan fingerprint density at radius 1 is 1.50 bits per heavy atom. The lowest BCUT2D eigenvalue weighted by Gasteiger charge is -2.36. The van der Waals surface area contributed by atoms with Crippen LogP contribution in [-0.2, 0) is 4.74 Å². The van der Waals surface area contributed by atoms with Gasteiger partial charge in [-0.25, -0.2) is 0 Å². The van der Waals surface area contributed by atoms with Gasteiger partial charge in [-0.3, -0.25) is 0 Å². The molecule has 1 saturated carbocycles. The Morgan fingerprint density at radius 2 is 2.25 bits per heavy atom. The van der Waals surface area contributed by atoms with Gasteiger partial charge in [-0.2, -0.15) is 0 Å². The highest BCUT2D eigenvalue weighted by atomic mass is 127. The standard InChI is InChI=1S/C12H21IO3/c1-12(2,15)16-8-6-9-10(13-7-8)4-3-5-11(9)14/h8-9,11,14-15H,3-7H2,1-2H3/p+1/t8?,9-,11-/m1/s1. The molecule has 0 aromatic heterocycles. The van der Waals surface area contributed by atoms with E-state index >= 15 is 0 Å².